The maximum atomic E-state index is 11.8. The van der Waals surface area contributed by atoms with Gasteiger partial charge in [0.15, 0.2) is 0 Å². The first-order valence-corrected chi connectivity index (χ1v) is 5.35. The van der Waals surface area contributed by atoms with Gasteiger partial charge in [0.05, 0.1) is 5.69 Å². The molecule has 82 valence electrons. The van der Waals surface area contributed by atoms with E-state index < -0.39 is 0 Å². The van der Waals surface area contributed by atoms with Gasteiger partial charge in [-0.25, -0.2) is 0 Å². The molecule has 0 atom stereocenters. The van der Waals surface area contributed by atoms with E-state index in [1.165, 1.54) is 5.56 Å². The quantitative estimate of drug-likeness (QED) is 0.714. The molecule has 2 nitrogen and oxygen atoms in total. The monoisotopic (exact) mass is 213 g/mol. The molecule has 0 saturated carbocycles. The lowest BCUT2D eigenvalue weighted by atomic mass is 10.1. The van der Waals surface area contributed by atoms with Gasteiger partial charge in [0, 0.05) is 12.3 Å². The van der Waals surface area contributed by atoms with Crippen molar-refractivity contribution >= 4 is 0 Å². The Morgan fingerprint density at radius 1 is 0.938 bits per heavy atom. The van der Waals surface area contributed by atoms with Crippen LogP contribution in [0.4, 0.5) is 0 Å². The summed E-state index contributed by atoms with van der Waals surface area (Å²) < 4.78 is 1.70. The van der Waals surface area contributed by atoms with Crippen LogP contribution in [0.25, 0.3) is 5.69 Å². The van der Waals surface area contributed by atoms with Crippen LogP contribution in [0.2, 0.25) is 0 Å². The molecule has 2 aromatic rings. The zero-order valence-electron chi connectivity index (χ0n) is 9.82. The van der Waals surface area contributed by atoms with E-state index in [0.29, 0.717) is 0 Å². The van der Waals surface area contributed by atoms with Gasteiger partial charge in [-0.15, -0.1) is 0 Å². The van der Waals surface area contributed by atoms with Crippen molar-refractivity contribution in [1.29, 1.82) is 0 Å². The molecule has 0 spiro atoms. The minimum Gasteiger partial charge on any atom is -0.284 e. The number of hydrogen-bond donors (Lipinski definition) is 0. The Labute approximate surface area is 95.2 Å². The predicted octanol–water partition coefficient (Wildman–Crippen LogP) is 2.76. The Kier molecular flexibility index (Phi) is 2.65. The highest BCUT2D eigenvalue weighted by Gasteiger charge is 2.03. The smallest absolute Gasteiger partial charge is 0.255 e. The summed E-state index contributed by atoms with van der Waals surface area (Å²) in [5.41, 5.74) is 4.38. The van der Waals surface area contributed by atoms with Gasteiger partial charge < -0.3 is 0 Å². The van der Waals surface area contributed by atoms with Gasteiger partial charge in [-0.3, -0.25) is 9.36 Å². The van der Waals surface area contributed by atoms with Crippen molar-refractivity contribution in [2.45, 2.75) is 20.8 Å². The molecular weight excluding hydrogens is 198 g/mol. The first-order valence-electron chi connectivity index (χ1n) is 5.35. The van der Waals surface area contributed by atoms with Crippen LogP contribution in [0.1, 0.15) is 16.7 Å². The van der Waals surface area contributed by atoms with Gasteiger partial charge in [-0.2, -0.15) is 0 Å². The fourth-order valence-electron chi connectivity index (χ4n) is 1.86. The first kappa shape index (κ1) is 10.7. The topological polar surface area (TPSA) is 22.0 Å². The molecule has 0 amide bonds. The van der Waals surface area contributed by atoms with E-state index in [4.69, 9.17) is 0 Å². The number of nitrogens with zero attached hydrogens (tertiary/aromatic N) is 1. The highest BCUT2D eigenvalue weighted by molar-refractivity contribution is 5.43. The normalized spacial score (nSPS) is 10.4. The SMILES string of the molecule is Cc1ccc(-n2cc(C)ccc2=O)c(C)c1. The molecule has 0 radical (unpaired) electrons. The summed E-state index contributed by atoms with van der Waals surface area (Å²) in [6, 6.07) is 9.55. The Morgan fingerprint density at radius 3 is 2.31 bits per heavy atom. The predicted molar refractivity (Wildman–Crippen MR) is 66.3 cm³/mol. The van der Waals surface area contributed by atoms with Gasteiger partial charge in [-0.1, -0.05) is 23.8 Å². The molecule has 0 aliphatic carbocycles. The summed E-state index contributed by atoms with van der Waals surface area (Å²) in [6.07, 6.45) is 1.88. The molecule has 0 saturated heterocycles. The Balaban J connectivity index is 2.67. The van der Waals surface area contributed by atoms with Gasteiger partial charge in [0.25, 0.3) is 5.56 Å². The molecule has 1 aromatic carbocycles. The first-order chi connectivity index (χ1) is 7.58. The van der Waals surface area contributed by atoms with Gasteiger partial charge in [0.1, 0.15) is 0 Å². The molecular formula is C14H15NO. The standard InChI is InChI=1S/C14H15NO/c1-10-4-6-13(12(3)8-10)15-9-11(2)5-7-14(15)16/h4-9H,1-3H3. The number of aromatic nitrogens is 1. The Bertz CT molecular complexity index is 582. The second-order valence-corrected chi connectivity index (χ2v) is 4.20. The largest absolute Gasteiger partial charge is 0.284 e. The van der Waals surface area contributed by atoms with Crippen LogP contribution in [0.15, 0.2) is 41.3 Å². The van der Waals surface area contributed by atoms with Crippen LogP contribution in [0, 0.1) is 20.8 Å². The van der Waals surface area contributed by atoms with E-state index >= 15 is 0 Å². The minimum absolute atomic E-state index is 0.0116. The minimum atomic E-state index is 0.0116. The maximum absolute atomic E-state index is 11.8. The highest BCUT2D eigenvalue weighted by atomic mass is 16.1. The molecule has 0 fully saturated rings. The zero-order chi connectivity index (χ0) is 11.7. The second kappa shape index (κ2) is 3.97. The molecule has 2 rings (SSSR count). The second-order valence-electron chi connectivity index (χ2n) is 4.20. The summed E-state index contributed by atoms with van der Waals surface area (Å²) in [5, 5.41) is 0. The van der Waals surface area contributed by atoms with Gasteiger partial charge >= 0.3 is 0 Å². The third kappa shape index (κ3) is 1.91. The number of aryl methyl sites for hydroxylation is 3. The Morgan fingerprint density at radius 2 is 1.62 bits per heavy atom. The number of rotatable bonds is 1. The zero-order valence-corrected chi connectivity index (χ0v) is 9.82. The van der Waals surface area contributed by atoms with E-state index in [0.717, 1.165) is 16.8 Å². The molecule has 0 N–H and O–H groups in total. The third-order valence-corrected chi connectivity index (χ3v) is 2.67. The van der Waals surface area contributed by atoms with Gasteiger partial charge in [-0.05, 0) is 38.0 Å². The fourth-order valence-corrected chi connectivity index (χ4v) is 1.86. The molecule has 0 aliphatic heterocycles. The van der Waals surface area contributed by atoms with E-state index in [9.17, 15) is 4.79 Å². The summed E-state index contributed by atoms with van der Waals surface area (Å²) in [4.78, 5) is 11.8. The van der Waals surface area contributed by atoms with Crippen molar-refractivity contribution in [3.8, 4) is 5.69 Å². The van der Waals surface area contributed by atoms with Crippen LogP contribution >= 0.6 is 0 Å². The van der Waals surface area contributed by atoms with Crippen molar-refractivity contribution in [2.75, 3.05) is 0 Å². The van der Waals surface area contributed by atoms with Crippen molar-refractivity contribution in [1.82, 2.24) is 4.57 Å². The summed E-state index contributed by atoms with van der Waals surface area (Å²) in [7, 11) is 0. The van der Waals surface area contributed by atoms with Crippen LogP contribution in [0.5, 0.6) is 0 Å². The fraction of sp³-hybridized carbons (Fsp3) is 0.214. The number of hydrogen-bond acceptors (Lipinski definition) is 1. The van der Waals surface area contributed by atoms with Gasteiger partial charge in [0.2, 0.25) is 0 Å². The average molecular weight is 213 g/mol. The van der Waals surface area contributed by atoms with Crippen LogP contribution in [0.3, 0.4) is 0 Å². The molecule has 16 heavy (non-hydrogen) atoms. The molecule has 0 unspecified atom stereocenters. The van der Waals surface area contributed by atoms with Crippen molar-refractivity contribution in [2.24, 2.45) is 0 Å². The lowest BCUT2D eigenvalue weighted by Crippen LogP contribution is -2.17. The summed E-state index contributed by atoms with van der Waals surface area (Å²) in [5.74, 6) is 0. The van der Waals surface area contributed by atoms with Crippen LogP contribution < -0.4 is 5.56 Å². The van der Waals surface area contributed by atoms with Crippen LogP contribution in [-0.4, -0.2) is 4.57 Å². The number of pyridine rings is 1. The highest BCUT2D eigenvalue weighted by Crippen LogP contribution is 2.14. The van der Waals surface area contributed by atoms with Crippen molar-refractivity contribution in [3.63, 3.8) is 0 Å². The van der Waals surface area contributed by atoms with Crippen molar-refractivity contribution in [3.05, 3.63) is 63.6 Å². The molecule has 0 aliphatic rings. The van der Waals surface area contributed by atoms with Crippen molar-refractivity contribution < 1.29 is 0 Å². The van der Waals surface area contributed by atoms with E-state index in [2.05, 4.69) is 13.0 Å². The van der Waals surface area contributed by atoms with E-state index in [-0.39, 0.29) is 5.56 Å². The van der Waals surface area contributed by atoms with Crippen LogP contribution in [-0.2, 0) is 0 Å². The average Bonchev–Trinajstić information content (AvgIpc) is 2.22. The number of benzene rings is 1. The lowest BCUT2D eigenvalue weighted by molar-refractivity contribution is 0.964. The molecule has 0 bridgehead atoms. The van der Waals surface area contributed by atoms with E-state index in [1.54, 1.807) is 10.6 Å². The van der Waals surface area contributed by atoms with E-state index in [1.807, 2.05) is 38.2 Å². The summed E-state index contributed by atoms with van der Waals surface area (Å²) >= 11 is 0. The molecule has 2 heteroatoms. The Hall–Kier alpha value is -1.83. The third-order valence-electron chi connectivity index (χ3n) is 2.67. The maximum Gasteiger partial charge on any atom is 0.255 e. The lowest BCUT2D eigenvalue weighted by Gasteiger charge is -2.10. The molecule has 1 aromatic heterocycles. The molecule has 1 heterocycles. The summed E-state index contributed by atoms with van der Waals surface area (Å²) in [6.45, 7) is 6.06.